The summed E-state index contributed by atoms with van der Waals surface area (Å²) in [6, 6.07) is 12.9. The van der Waals surface area contributed by atoms with Gasteiger partial charge in [0.1, 0.15) is 29.0 Å². The van der Waals surface area contributed by atoms with E-state index in [1.807, 2.05) is 30.3 Å². The zero-order valence-corrected chi connectivity index (χ0v) is 26.1. The first-order valence-corrected chi connectivity index (χ1v) is 15.1. The predicted octanol–water partition coefficient (Wildman–Crippen LogP) is 2.76. The molecule has 2 aliphatic heterocycles. The third-order valence-corrected chi connectivity index (χ3v) is 7.84. The Morgan fingerprint density at radius 2 is 1.64 bits per heavy atom. The van der Waals surface area contributed by atoms with Crippen molar-refractivity contribution in [3.8, 4) is 0 Å². The molecule has 0 aromatic heterocycles. The summed E-state index contributed by atoms with van der Waals surface area (Å²) < 4.78 is 24.8. The maximum atomic E-state index is 14.1. The summed E-state index contributed by atoms with van der Waals surface area (Å²) in [6.07, 6.45) is -0.706. The van der Waals surface area contributed by atoms with E-state index in [0.717, 1.165) is 5.56 Å². The standard InChI is InChI=1S/C33H41FN4O7/c1-5-25(36-31(43)45-32(2,3)4)29(41)35-26(20-44-19-23-9-7-6-8-10-23)30(42)37-15-16-38-28(40)17-27(39)33(38,21-37)18-22-11-13-24(34)14-12-22/h6-14,25-26H,5,15-21H2,1-4H3,(H,35,41)(H,36,43)/t25?,26-,33+/m1/s1. The number of nitrogens with one attached hydrogen (secondary N) is 2. The molecule has 2 heterocycles. The number of carbonyl (C=O) groups excluding carboxylic acids is 5. The van der Waals surface area contributed by atoms with Crippen molar-refractivity contribution in [2.24, 2.45) is 0 Å². The second-order valence-electron chi connectivity index (χ2n) is 12.4. The van der Waals surface area contributed by atoms with Gasteiger partial charge in [-0.2, -0.15) is 0 Å². The van der Waals surface area contributed by atoms with Gasteiger partial charge in [0.05, 0.1) is 26.2 Å². The molecule has 0 bridgehead atoms. The third kappa shape index (κ3) is 8.44. The van der Waals surface area contributed by atoms with Gasteiger partial charge in [0.15, 0.2) is 5.78 Å². The number of ketones is 1. The van der Waals surface area contributed by atoms with E-state index in [1.165, 1.54) is 21.9 Å². The first-order valence-electron chi connectivity index (χ1n) is 15.1. The molecule has 12 heteroatoms. The van der Waals surface area contributed by atoms with Crippen molar-refractivity contribution in [2.45, 2.75) is 76.8 Å². The average molecular weight is 625 g/mol. The lowest BCUT2D eigenvalue weighted by atomic mass is 9.84. The van der Waals surface area contributed by atoms with Crippen LogP contribution in [-0.4, -0.2) is 88.9 Å². The number of ether oxygens (including phenoxy) is 2. The first-order chi connectivity index (χ1) is 21.3. The van der Waals surface area contributed by atoms with Crippen molar-refractivity contribution < 1.29 is 37.8 Å². The van der Waals surface area contributed by atoms with E-state index in [2.05, 4.69) is 10.6 Å². The normalized spacial score (nSPS) is 19.5. The second-order valence-corrected chi connectivity index (χ2v) is 12.4. The summed E-state index contributed by atoms with van der Waals surface area (Å²) in [5, 5.41) is 5.29. The van der Waals surface area contributed by atoms with Crippen LogP contribution in [-0.2, 0) is 41.7 Å². The van der Waals surface area contributed by atoms with Crippen molar-refractivity contribution in [2.75, 3.05) is 26.2 Å². The van der Waals surface area contributed by atoms with Gasteiger partial charge in [-0.05, 0) is 50.5 Å². The number of rotatable bonds is 11. The second kappa shape index (κ2) is 14.2. The number of hydrogen-bond donors (Lipinski definition) is 2. The van der Waals surface area contributed by atoms with Crippen LogP contribution in [0.1, 0.15) is 51.7 Å². The quantitative estimate of drug-likeness (QED) is 0.367. The number of halogens is 1. The van der Waals surface area contributed by atoms with Crippen molar-refractivity contribution in [1.29, 1.82) is 0 Å². The fourth-order valence-electron chi connectivity index (χ4n) is 5.63. The fourth-order valence-corrected chi connectivity index (χ4v) is 5.63. The number of alkyl carbamates (subject to hydrolysis) is 1. The van der Waals surface area contributed by atoms with E-state index in [4.69, 9.17) is 9.47 Å². The Balaban J connectivity index is 1.54. The smallest absolute Gasteiger partial charge is 0.408 e. The summed E-state index contributed by atoms with van der Waals surface area (Å²) in [5.41, 5.74) is -0.566. The molecule has 242 valence electrons. The number of Topliss-reactive ketones (excluding diaryl/α,β-unsaturated/α-hetero) is 1. The Hall–Kier alpha value is -4.32. The van der Waals surface area contributed by atoms with E-state index >= 15 is 0 Å². The number of hydrogen-bond acceptors (Lipinski definition) is 7. The minimum Gasteiger partial charge on any atom is -0.444 e. The van der Waals surface area contributed by atoms with E-state index in [1.54, 1.807) is 39.8 Å². The number of nitrogens with zero attached hydrogens (tertiary/aromatic N) is 2. The fraction of sp³-hybridized carbons (Fsp3) is 0.485. The summed E-state index contributed by atoms with van der Waals surface area (Å²) in [6.45, 7) is 7.01. The van der Waals surface area contributed by atoms with Gasteiger partial charge in [-0.1, -0.05) is 49.4 Å². The number of carbonyl (C=O) groups is 5. The topological polar surface area (TPSA) is 134 Å². The summed E-state index contributed by atoms with van der Waals surface area (Å²) in [4.78, 5) is 69.0. The number of amides is 4. The zero-order valence-electron chi connectivity index (χ0n) is 26.1. The molecule has 45 heavy (non-hydrogen) atoms. The molecular weight excluding hydrogens is 583 g/mol. The average Bonchev–Trinajstić information content (AvgIpc) is 3.23. The molecule has 0 saturated carbocycles. The minimum absolute atomic E-state index is 0.0911. The molecule has 0 spiro atoms. The molecule has 4 rings (SSSR count). The van der Waals surface area contributed by atoms with Crippen LogP contribution in [0, 0.1) is 5.82 Å². The van der Waals surface area contributed by atoms with E-state index in [9.17, 15) is 28.4 Å². The Bertz CT molecular complexity index is 1400. The molecule has 11 nitrogen and oxygen atoms in total. The molecular formula is C33H41FN4O7. The highest BCUT2D eigenvalue weighted by Gasteiger charge is 2.56. The molecule has 3 atom stereocenters. The monoisotopic (exact) mass is 624 g/mol. The van der Waals surface area contributed by atoms with Crippen LogP contribution >= 0.6 is 0 Å². The van der Waals surface area contributed by atoms with Gasteiger partial charge in [-0.15, -0.1) is 0 Å². The molecule has 1 unspecified atom stereocenters. The Morgan fingerprint density at radius 3 is 2.29 bits per heavy atom. The van der Waals surface area contributed by atoms with Crippen LogP contribution < -0.4 is 10.6 Å². The molecule has 2 fully saturated rings. The van der Waals surface area contributed by atoms with Crippen LogP contribution in [0.4, 0.5) is 9.18 Å². The van der Waals surface area contributed by atoms with Gasteiger partial charge in [-0.25, -0.2) is 9.18 Å². The molecule has 2 N–H and O–H groups in total. The van der Waals surface area contributed by atoms with Gasteiger partial charge in [0.2, 0.25) is 17.7 Å². The van der Waals surface area contributed by atoms with Crippen molar-refractivity contribution in [3.05, 3.63) is 71.5 Å². The highest BCUT2D eigenvalue weighted by atomic mass is 19.1. The van der Waals surface area contributed by atoms with E-state index in [0.29, 0.717) is 5.56 Å². The Labute approximate surface area is 262 Å². The molecule has 2 aromatic rings. The van der Waals surface area contributed by atoms with Crippen LogP contribution in [0.5, 0.6) is 0 Å². The zero-order chi connectivity index (χ0) is 32.8. The lowest BCUT2D eigenvalue weighted by Gasteiger charge is -2.46. The third-order valence-electron chi connectivity index (χ3n) is 7.84. The SMILES string of the molecule is CCC(NC(=O)OC(C)(C)C)C(=O)N[C@H](COCc1ccccc1)C(=O)N1CCN2C(=O)CC(=O)[C@]2(Cc2ccc(F)cc2)C1. The van der Waals surface area contributed by atoms with Crippen LogP contribution in [0.25, 0.3) is 0 Å². The number of piperazine rings is 1. The lowest BCUT2D eigenvalue weighted by Crippen LogP contribution is -2.67. The largest absolute Gasteiger partial charge is 0.444 e. The van der Waals surface area contributed by atoms with Gasteiger partial charge in [0, 0.05) is 19.5 Å². The summed E-state index contributed by atoms with van der Waals surface area (Å²) >= 11 is 0. The first kappa shape index (κ1) is 33.6. The minimum atomic E-state index is -1.31. The highest BCUT2D eigenvalue weighted by molar-refractivity contribution is 6.11. The van der Waals surface area contributed by atoms with Crippen LogP contribution in [0.3, 0.4) is 0 Å². The number of fused-ring (bicyclic) bond motifs is 1. The van der Waals surface area contributed by atoms with E-state index in [-0.39, 0.29) is 63.8 Å². The molecule has 0 aliphatic carbocycles. The van der Waals surface area contributed by atoms with Gasteiger partial charge >= 0.3 is 6.09 Å². The molecule has 0 radical (unpaired) electrons. The maximum Gasteiger partial charge on any atom is 0.408 e. The van der Waals surface area contributed by atoms with Crippen molar-refractivity contribution in [3.63, 3.8) is 0 Å². The van der Waals surface area contributed by atoms with Gasteiger partial charge < -0.3 is 29.9 Å². The van der Waals surface area contributed by atoms with E-state index < -0.39 is 46.9 Å². The van der Waals surface area contributed by atoms with Crippen LogP contribution in [0.2, 0.25) is 0 Å². The Morgan fingerprint density at radius 1 is 0.956 bits per heavy atom. The molecule has 2 aromatic carbocycles. The Kier molecular flexibility index (Phi) is 10.6. The summed E-state index contributed by atoms with van der Waals surface area (Å²) in [7, 11) is 0. The lowest BCUT2D eigenvalue weighted by molar-refractivity contribution is -0.149. The van der Waals surface area contributed by atoms with Crippen molar-refractivity contribution >= 4 is 29.6 Å². The van der Waals surface area contributed by atoms with Gasteiger partial charge in [0.25, 0.3) is 0 Å². The van der Waals surface area contributed by atoms with Gasteiger partial charge in [-0.3, -0.25) is 19.2 Å². The highest BCUT2D eigenvalue weighted by Crippen LogP contribution is 2.34. The maximum absolute atomic E-state index is 14.1. The molecule has 4 amide bonds. The molecule has 2 saturated heterocycles. The molecule has 2 aliphatic rings. The predicted molar refractivity (Wildman–Crippen MR) is 162 cm³/mol. The van der Waals surface area contributed by atoms with Crippen molar-refractivity contribution in [1.82, 2.24) is 20.4 Å². The number of benzene rings is 2. The van der Waals surface area contributed by atoms with Crippen LogP contribution in [0.15, 0.2) is 54.6 Å². The summed E-state index contributed by atoms with van der Waals surface area (Å²) in [5.74, 6) is -2.15.